The van der Waals surface area contributed by atoms with Gasteiger partial charge in [0.1, 0.15) is 0 Å². The Hall–Kier alpha value is -1.32. The van der Waals surface area contributed by atoms with E-state index in [1.807, 2.05) is 24.4 Å². The van der Waals surface area contributed by atoms with Crippen LogP contribution in [0.4, 0.5) is 0 Å². The van der Waals surface area contributed by atoms with Crippen LogP contribution in [0.1, 0.15) is 37.6 Å². The van der Waals surface area contributed by atoms with Crippen molar-refractivity contribution in [2.24, 2.45) is 0 Å². The van der Waals surface area contributed by atoms with Crippen molar-refractivity contribution in [2.75, 3.05) is 6.54 Å². The minimum Gasteiger partial charge on any atom is -0.309 e. The molecule has 4 heteroatoms. The number of aryl methyl sites for hydroxylation is 1. The Morgan fingerprint density at radius 3 is 2.85 bits per heavy atom. The summed E-state index contributed by atoms with van der Waals surface area (Å²) < 4.78 is 2.10. The first-order chi connectivity index (χ1) is 9.74. The Morgan fingerprint density at radius 1 is 1.30 bits per heavy atom. The predicted octanol–water partition coefficient (Wildman–Crippen LogP) is 3.84. The molecule has 0 aliphatic carbocycles. The smallest absolute Gasteiger partial charge is 0.0556 e. The number of aromatic nitrogens is 2. The molecule has 108 valence electrons. The van der Waals surface area contributed by atoms with E-state index in [9.17, 15) is 0 Å². The number of nitrogens with zero attached hydrogens (tertiary/aromatic N) is 2. The van der Waals surface area contributed by atoms with Crippen LogP contribution in [0, 0.1) is 0 Å². The number of hydrogen-bond acceptors (Lipinski definition) is 2. The van der Waals surface area contributed by atoms with Crippen LogP contribution in [-0.2, 0) is 13.0 Å². The van der Waals surface area contributed by atoms with Crippen molar-refractivity contribution in [3.05, 3.63) is 52.8 Å². The average molecular weight is 292 g/mol. The van der Waals surface area contributed by atoms with Crippen molar-refractivity contribution in [1.82, 2.24) is 15.1 Å². The monoisotopic (exact) mass is 291 g/mol. The first kappa shape index (κ1) is 15.1. The molecule has 20 heavy (non-hydrogen) atoms. The van der Waals surface area contributed by atoms with Gasteiger partial charge in [-0.3, -0.25) is 4.68 Å². The Balaban J connectivity index is 2.20. The summed E-state index contributed by atoms with van der Waals surface area (Å²) in [7, 11) is 0. The van der Waals surface area contributed by atoms with E-state index in [0.717, 1.165) is 31.0 Å². The van der Waals surface area contributed by atoms with E-state index in [4.69, 9.17) is 11.6 Å². The summed E-state index contributed by atoms with van der Waals surface area (Å²) in [6, 6.07) is 10.4. The van der Waals surface area contributed by atoms with Gasteiger partial charge in [0.2, 0.25) is 0 Å². The second-order valence-corrected chi connectivity index (χ2v) is 5.36. The van der Waals surface area contributed by atoms with Gasteiger partial charge in [-0.25, -0.2) is 0 Å². The van der Waals surface area contributed by atoms with Crippen molar-refractivity contribution >= 4 is 11.6 Å². The predicted molar refractivity (Wildman–Crippen MR) is 84.1 cm³/mol. The summed E-state index contributed by atoms with van der Waals surface area (Å²) in [5.41, 5.74) is 2.49. The first-order valence-corrected chi connectivity index (χ1v) is 7.62. The summed E-state index contributed by atoms with van der Waals surface area (Å²) in [5.74, 6) is 0. The maximum atomic E-state index is 6.07. The van der Waals surface area contributed by atoms with E-state index in [0.29, 0.717) is 0 Å². The molecule has 2 aromatic rings. The van der Waals surface area contributed by atoms with Crippen LogP contribution in [0.2, 0.25) is 5.02 Å². The summed E-state index contributed by atoms with van der Waals surface area (Å²) in [6.45, 7) is 6.19. The molecule has 2 rings (SSSR count). The largest absolute Gasteiger partial charge is 0.309 e. The molecule has 3 nitrogen and oxygen atoms in total. The lowest BCUT2D eigenvalue weighted by Crippen LogP contribution is -2.25. The van der Waals surface area contributed by atoms with Gasteiger partial charge in [-0.1, -0.05) is 37.6 Å². The van der Waals surface area contributed by atoms with E-state index in [1.165, 1.54) is 11.3 Å². The summed E-state index contributed by atoms with van der Waals surface area (Å²) in [6.07, 6.45) is 3.89. The molecular weight excluding hydrogens is 270 g/mol. The highest BCUT2D eigenvalue weighted by Gasteiger charge is 2.15. The van der Waals surface area contributed by atoms with Gasteiger partial charge in [-0.05, 0) is 43.1 Å². The van der Waals surface area contributed by atoms with Crippen LogP contribution in [0.3, 0.4) is 0 Å². The Labute approximate surface area is 126 Å². The molecule has 0 saturated carbocycles. The lowest BCUT2D eigenvalue weighted by atomic mass is 10.0. The summed E-state index contributed by atoms with van der Waals surface area (Å²) >= 11 is 6.07. The molecule has 0 amide bonds. The van der Waals surface area contributed by atoms with E-state index in [1.54, 1.807) is 0 Å². The van der Waals surface area contributed by atoms with Gasteiger partial charge in [0.25, 0.3) is 0 Å². The van der Waals surface area contributed by atoms with E-state index >= 15 is 0 Å². The fourth-order valence-electron chi connectivity index (χ4n) is 2.46. The van der Waals surface area contributed by atoms with E-state index in [2.05, 4.69) is 41.1 Å². The fourth-order valence-corrected chi connectivity index (χ4v) is 2.68. The average Bonchev–Trinajstić information content (AvgIpc) is 2.87. The lowest BCUT2D eigenvalue weighted by molar-refractivity contribution is 0.478. The standard InChI is InChI=1S/C16H22ClN3/c1-3-10-20-16(8-9-19-20)15(18-4-2)12-13-6-5-7-14(17)11-13/h5-9,11,15,18H,3-4,10,12H2,1-2H3. The minimum absolute atomic E-state index is 0.271. The molecule has 0 fully saturated rings. The zero-order chi connectivity index (χ0) is 14.4. The molecule has 1 aromatic heterocycles. The highest BCUT2D eigenvalue weighted by molar-refractivity contribution is 6.30. The molecule has 1 aromatic carbocycles. The third-order valence-corrected chi connectivity index (χ3v) is 3.56. The quantitative estimate of drug-likeness (QED) is 0.840. The van der Waals surface area contributed by atoms with Crippen LogP contribution in [-0.4, -0.2) is 16.3 Å². The zero-order valence-corrected chi connectivity index (χ0v) is 12.9. The normalized spacial score (nSPS) is 12.6. The second-order valence-electron chi connectivity index (χ2n) is 4.92. The number of likely N-dealkylation sites (N-methyl/N-ethyl adjacent to an activating group) is 1. The van der Waals surface area contributed by atoms with Gasteiger partial charge in [0, 0.05) is 17.8 Å². The first-order valence-electron chi connectivity index (χ1n) is 7.24. The highest BCUT2D eigenvalue weighted by Crippen LogP contribution is 2.20. The Kier molecular flexibility index (Phi) is 5.62. The van der Waals surface area contributed by atoms with Crippen molar-refractivity contribution in [2.45, 2.75) is 39.3 Å². The molecule has 0 aliphatic rings. The molecule has 1 heterocycles. The third kappa shape index (κ3) is 3.84. The molecule has 1 atom stereocenters. The minimum atomic E-state index is 0.271. The zero-order valence-electron chi connectivity index (χ0n) is 12.1. The molecule has 0 radical (unpaired) electrons. The van der Waals surface area contributed by atoms with Crippen LogP contribution in [0.25, 0.3) is 0 Å². The molecule has 0 spiro atoms. The van der Waals surface area contributed by atoms with Gasteiger partial charge < -0.3 is 5.32 Å². The maximum absolute atomic E-state index is 6.07. The van der Waals surface area contributed by atoms with Gasteiger partial charge in [-0.2, -0.15) is 5.10 Å². The molecular formula is C16H22ClN3. The number of benzene rings is 1. The van der Waals surface area contributed by atoms with Crippen molar-refractivity contribution in [3.63, 3.8) is 0 Å². The molecule has 1 unspecified atom stereocenters. The molecule has 1 N–H and O–H groups in total. The summed E-state index contributed by atoms with van der Waals surface area (Å²) in [5, 5.41) is 8.76. The van der Waals surface area contributed by atoms with Crippen molar-refractivity contribution < 1.29 is 0 Å². The van der Waals surface area contributed by atoms with Gasteiger partial charge >= 0.3 is 0 Å². The van der Waals surface area contributed by atoms with E-state index < -0.39 is 0 Å². The SMILES string of the molecule is CCCn1nccc1C(Cc1cccc(Cl)c1)NCC. The van der Waals surface area contributed by atoms with E-state index in [-0.39, 0.29) is 6.04 Å². The van der Waals surface area contributed by atoms with Gasteiger partial charge in [-0.15, -0.1) is 0 Å². The molecule has 0 saturated heterocycles. The van der Waals surface area contributed by atoms with Crippen LogP contribution < -0.4 is 5.32 Å². The third-order valence-electron chi connectivity index (χ3n) is 3.32. The fraction of sp³-hybridized carbons (Fsp3) is 0.438. The number of hydrogen-bond donors (Lipinski definition) is 1. The van der Waals surface area contributed by atoms with Crippen LogP contribution in [0.5, 0.6) is 0 Å². The number of halogens is 1. The Bertz CT molecular complexity index is 536. The van der Waals surface area contributed by atoms with Crippen molar-refractivity contribution in [1.29, 1.82) is 0 Å². The van der Waals surface area contributed by atoms with Gasteiger partial charge in [0.15, 0.2) is 0 Å². The van der Waals surface area contributed by atoms with Crippen molar-refractivity contribution in [3.8, 4) is 0 Å². The topological polar surface area (TPSA) is 29.9 Å². The number of nitrogens with one attached hydrogen (secondary N) is 1. The lowest BCUT2D eigenvalue weighted by Gasteiger charge is -2.19. The van der Waals surface area contributed by atoms with Gasteiger partial charge in [0.05, 0.1) is 11.7 Å². The highest BCUT2D eigenvalue weighted by atomic mass is 35.5. The molecule has 0 bridgehead atoms. The van der Waals surface area contributed by atoms with Crippen LogP contribution in [0.15, 0.2) is 36.5 Å². The maximum Gasteiger partial charge on any atom is 0.0556 e. The second kappa shape index (κ2) is 7.46. The number of rotatable bonds is 7. The molecule has 0 aliphatic heterocycles. The Morgan fingerprint density at radius 2 is 2.15 bits per heavy atom. The summed E-state index contributed by atoms with van der Waals surface area (Å²) in [4.78, 5) is 0. The van der Waals surface area contributed by atoms with Crippen LogP contribution >= 0.6 is 11.6 Å².